The molecule has 0 heterocycles. The van der Waals surface area contributed by atoms with Crippen molar-refractivity contribution >= 4 is 23.5 Å². The molecule has 6 nitrogen and oxygen atoms in total. The van der Waals surface area contributed by atoms with Crippen molar-refractivity contribution in [3.05, 3.63) is 29.8 Å². The number of esters is 1. The molecule has 0 unspecified atom stereocenters. The monoisotopic (exact) mass is 388 g/mol. The summed E-state index contributed by atoms with van der Waals surface area (Å²) in [4.78, 5) is 36.2. The summed E-state index contributed by atoms with van der Waals surface area (Å²) in [6, 6.07) is 6.67. The Hall–Kier alpha value is -2.37. The van der Waals surface area contributed by atoms with Crippen molar-refractivity contribution < 1.29 is 19.1 Å². The second-order valence-corrected chi connectivity index (χ2v) is 7.46. The minimum absolute atomic E-state index is 0.0910. The fraction of sp³-hybridized carbons (Fsp3) is 0.591. The molecule has 1 fully saturated rings. The Morgan fingerprint density at radius 1 is 1.11 bits per heavy atom. The molecule has 0 atom stereocenters. The predicted octanol–water partition coefficient (Wildman–Crippen LogP) is 3.91. The fourth-order valence-corrected chi connectivity index (χ4v) is 3.63. The molecule has 1 aromatic rings. The third-order valence-electron chi connectivity index (χ3n) is 5.24. The number of ether oxygens (including phenoxy) is 1. The van der Waals surface area contributed by atoms with Crippen LogP contribution in [0.15, 0.2) is 24.3 Å². The second kappa shape index (κ2) is 11.5. The van der Waals surface area contributed by atoms with Crippen LogP contribution in [0.5, 0.6) is 0 Å². The van der Waals surface area contributed by atoms with Gasteiger partial charge in [-0.25, -0.2) is 0 Å². The van der Waals surface area contributed by atoms with E-state index in [4.69, 9.17) is 4.74 Å². The number of carbonyl (C=O) groups is 3. The molecule has 1 saturated carbocycles. The predicted molar refractivity (Wildman–Crippen MR) is 109 cm³/mol. The highest BCUT2D eigenvalue weighted by molar-refractivity contribution is 5.97. The largest absolute Gasteiger partial charge is 0.455 e. The number of benzene rings is 1. The van der Waals surface area contributed by atoms with Crippen molar-refractivity contribution in [2.24, 2.45) is 11.8 Å². The topological polar surface area (TPSA) is 84.5 Å². The Morgan fingerprint density at radius 3 is 2.54 bits per heavy atom. The highest BCUT2D eigenvalue weighted by Crippen LogP contribution is 2.32. The maximum absolute atomic E-state index is 12.2. The van der Waals surface area contributed by atoms with E-state index in [1.807, 2.05) is 6.92 Å². The molecule has 2 amide bonds. The number of amides is 2. The van der Waals surface area contributed by atoms with E-state index in [1.54, 1.807) is 24.3 Å². The highest BCUT2D eigenvalue weighted by Gasteiger charge is 2.27. The molecule has 0 aliphatic heterocycles. The lowest BCUT2D eigenvalue weighted by atomic mass is 9.80. The standard InChI is InChI=1S/C22H32N2O4/c1-3-5-7-16-10-12-17(13-11-16)22(27)28-15-20(25)24-19-9-6-8-18(14-19)21(26)23-4-2/h6,8-9,14,16-17H,3-5,7,10-13,15H2,1-2H3,(H,23,26)(H,24,25). The number of anilines is 1. The van der Waals surface area contributed by atoms with Gasteiger partial charge in [-0.3, -0.25) is 14.4 Å². The summed E-state index contributed by atoms with van der Waals surface area (Å²) < 4.78 is 5.22. The molecule has 0 bridgehead atoms. The summed E-state index contributed by atoms with van der Waals surface area (Å²) in [5.74, 6) is -0.242. The number of hydrogen-bond acceptors (Lipinski definition) is 4. The molecule has 6 heteroatoms. The van der Waals surface area contributed by atoms with Crippen molar-refractivity contribution in [3.63, 3.8) is 0 Å². The van der Waals surface area contributed by atoms with Gasteiger partial charge in [-0.2, -0.15) is 0 Å². The van der Waals surface area contributed by atoms with E-state index in [1.165, 1.54) is 19.3 Å². The molecule has 154 valence electrons. The van der Waals surface area contributed by atoms with E-state index >= 15 is 0 Å². The van der Waals surface area contributed by atoms with E-state index in [9.17, 15) is 14.4 Å². The SMILES string of the molecule is CCCCC1CCC(C(=O)OCC(=O)Nc2cccc(C(=O)NCC)c2)CC1. The first-order valence-corrected chi connectivity index (χ1v) is 10.4. The van der Waals surface area contributed by atoms with E-state index in [0.717, 1.165) is 31.6 Å². The van der Waals surface area contributed by atoms with Crippen LogP contribution in [0.25, 0.3) is 0 Å². The fourth-order valence-electron chi connectivity index (χ4n) is 3.63. The van der Waals surface area contributed by atoms with Crippen molar-refractivity contribution in [3.8, 4) is 0 Å². The van der Waals surface area contributed by atoms with Crippen LogP contribution in [0.4, 0.5) is 5.69 Å². The lowest BCUT2D eigenvalue weighted by Crippen LogP contribution is -2.27. The van der Waals surface area contributed by atoms with Gasteiger partial charge in [-0.1, -0.05) is 32.3 Å². The maximum Gasteiger partial charge on any atom is 0.309 e. The smallest absolute Gasteiger partial charge is 0.309 e. The molecule has 2 rings (SSSR count). The zero-order valence-electron chi connectivity index (χ0n) is 17.0. The normalized spacial score (nSPS) is 18.9. The summed E-state index contributed by atoms with van der Waals surface area (Å²) >= 11 is 0. The number of carbonyl (C=O) groups excluding carboxylic acids is 3. The lowest BCUT2D eigenvalue weighted by Gasteiger charge is -2.27. The van der Waals surface area contributed by atoms with Gasteiger partial charge in [-0.05, 0) is 56.7 Å². The Bertz CT molecular complexity index is 666. The third-order valence-corrected chi connectivity index (χ3v) is 5.24. The Labute approximate surface area is 167 Å². The highest BCUT2D eigenvalue weighted by atomic mass is 16.5. The zero-order chi connectivity index (χ0) is 20.4. The summed E-state index contributed by atoms with van der Waals surface area (Å²) in [5.41, 5.74) is 0.970. The molecular formula is C22H32N2O4. The van der Waals surface area contributed by atoms with Gasteiger partial charge in [0.25, 0.3) is 11.8 Å². The van der Waals surface area contributed by atoms with Crippen LogP contribution in [0, 0.1) is 11.8 Å². The summed E-state index contributed by atoms with van der Waals surface area (Å²) in [6.45, 7) is 4.27. The first-order valence-electron chi connectivity index (χ1n) is 10.4. The number of hydrogen-bond donors (Lipinski definition) is 2. The molecule has 0 aromatic heterocycles. The molecule has 28 heavy (non-hydrogen) atoms. The quantitative estimate of drug-likeness (QED) is 0.628. The average Bonchev–Trinajstić information content (AvgIpc) is 2.71. The minimum atomic E-state index is -0.405. The van der Waals surface area contributed by atoms with Gasteiger partial charge in [0.2, 0.25) is 0 Å². The lowest BCUT2D eigenvalue weighted by molar-refractivity contribution is -0.152. The molecule has 0 saturated heterocycles. The maximum atomic E-state index is 12.2. The summed E-state index contributed by atoms with van der Waals surface area (Å²) in [6.07, 6.45) is 7.55. The average molecular weight is 389 g/mol. The Balaban J connectivity index is 1.74. The van der Waals surface area contributed by atoms with E-state index < -0.39 is 5.91 Å². The van der Waals surface area contributed by atoms with Crippen LogP contribution in [0.3, 0.4) is 0 Å². The van der Waals surface area contributed by atoms with Gasteiger partial charge in [-0.15, -0.1) is 0 Å². The zero-order valence-corrected chi connectivity index (χ0v) is 17.0. The molecule has 1 aliphatic carbocycles. The van der Waals surface area contributed by atoms with Crippen LogP contribution >= 0.6 is 0 Å². The van der Waals surface area contributed by atoms with Gasteiger partial charge in [0.15, 0.2) is 6.61 Å². The van der Waals surface area contributed by atoms with Gasteiger partial charge in [0, 0.05) is 17.8 Å². The van der Waals surface area contributed by atoms with Gasteiger partial charge < -0.3 is 15.4 Å². The van der Waals surface area contributed by atoms with Gasteiger partial charge in [0.05, 0.1) is 5.92 Å². The molecule has 1 aromatic carbocycles. The van der Waals surface area contributed by atoms with Crippen LogP contribution in [0.1, 0.15) is 69.2 Å². The van der Waals surface area contributed by atoms with Crippen LogP contribution < -0.4 is 10.6 Å². The summed E-state index contributed by atoms with van der Waals surface area (Å²) in [5, 5.41) is 5.38. The van der Waals surface area contributed by atoms with Crippen LogP contribution in [0.2, 0.25) is 0 Å². The second-order valence-electron chi connectivity index (χ2n) is 7.46. The molecule has 0 radical (unpaired) electrons. The first kappa shape index (κ1) is 21.9. The van der Waals surface area contributed by atoms with E-state index in [2.05, 4.69) is 17.6 Å². The molecular weight excluding hydrogens is 356 g/mol. The number of nitrogens with one attached hydrogen (secondary N) is 2. The van der Waals surface area contributed by atoms with E-state index in [0.29, 0.717) is 17.8 Å². The minimum Gasteiger partial charge on any atom is -0.455 e. The van der Waals surface area contributed by atoms with Crippen LogP contribution in [-0.2, 0) is 14.3 Å². The molecule has 0 spiro atoms. The Kier molecular flexibility index (Phi) is 8.98. The van der Waals surface area contributed by atoms with Crippen molar-refractivity contribution in [1.82, 2.24) is 5.32 Å². The third kappa shape index (κ3) is 6.98. The number of rotatable bonds is 9. The van der Waals surface area contributed by atoms with Crippen LogP contribution in [-0.4, -0.2) is 30.9 Å². The van der Waals surface area contributed by atoms with Crippen molar-refractivity contribution in [2.75, 3.05) is 18.5 Å². The van der Waals surface area contributed by atoms with Crippen molar-refractivity contribution in [1.29, 1.82) is 0 Å². The van der Waals surface area contributed by atoms with Gasteiger partial charge >= 0.3 is 5.97 Å². The molecule has 2 N–H and O–H groups in total. The Morgan fingerprint density at radius 2 is 1.86 bits per heavy atom. The van der Waals surface area contributed by atoms with Crippen molar-refractivity contribution in [2.45, 2.75) is 58.8 Å². The molecule has 1 aliphatic rings. The van der Waals surface area contributed by atoms with Gasteiger partial charge in [0.1, 0.15) is 0 Å². The number of unbranched alkanes of at least 4 members (excludes halogenated alkanes) is 1. The summed E-state index contributed by atoms with van der Waals surface area (Å²) in [7, 11) is 0. The first-order chi connectivity index (χ1) is 13.5. The van der Waals surface area contributed by atoms with E-state index in [-0.39, 0.29) is 24.4 Å².